The molecule has 0 bridgehead atoms. The topological polar surface area (TPSA) is 59.7 Å². The van der Waals surface area contributed by atoms with Gasteiger partial charge in [-0.1, -0.05) is 36.4 Å². The van der Waals surface area contributed by atoms with Crippen LogP contribution in [0.5, 0.6) is 0 Å². The van der Waals surface area contributed by atoms with Crippen molar-refractivity contribution in [2.75, 3.05) is 0 Å². The maximum Gasteiger partial charge on any atom is 0 e. The molecule has 1 aliphatic carbocycles. The molecule has 0 N–H and O–H groups in total. The summed E-state index contributed by atoms with van der Waals surface area (Å²) < 4.78 is 61.5. The summed E-state index contributed by atoms with van der Waals surface area (Å²) in [6.07, 6.45) is 2.47. The minimum absolute atomic E-state index is 0. The summed E-state index contributed by atoms with van der Waals surface area (Å²) in [4.78, 5) is 0. The van der Waals surface area contributed by atoms with Crippen molar-refractivity contribution in [3.63, 3.8) is 0 Å². The average molecular weight is 380 g/mol. The Morgan fingerprint density at radius 2 is 1.00 bits per heavy atom. The monoisotopic (exact) mass is 380 g/mol. The van der Waals surface area contributed by atoms with E-state index < -0.39 is 7.25 Å². The molecule has 1 radical (unpaired) electrons. The molecule has 3 rings (SSSR count). The van der Waals surface area contributed by atoms with E-state index >= 15 is 0 Å². The molecule has 9 heteroatoms. The molecule has 0 saturated heterocycles. The van der Waals surface area contributed by atoms with Crippen molar-refractivity contribution in [3.8, 4) is 0 Å². The number of rotatable bonds is 0. The van der Waals surface area contributed by atoms with E-state index in [1.54, 1.807) is 0 Å². The molecule has 0 amide bonds. The van der Waals surface area contributed by atoms with E-state index in [4.69, 9.17) is 14.0 Å². The summed E-state index contributed by atoms with van der Waals surface area (Å²) in [5, 5.41) is 2.92. The molecular weight excluding hydrogens is 370 g/mol. The molecule has 127 valence electrons. The Hall–Kier alpha value is -1.78. The van der Waals surface area contributed by atoms with E-state index in [9.17, 15) is 17.3 Å². The predicted molar refractivity (Wildman–Crippen MR) is 73.3 cm³/mol. The third-order valence-electron chi connectivity index (χ3n) is 2.74. The Labute approximate surface area is 147 Å². The number of halogens is 4. The van der Waals surface area contributed by atoms with Crippen LogP contribution in [-0.4, -0.2) is 7.25 Å². The van der Waals surface area contributed by atoms with Crippen LogP contribution in [0.1, 0.15) is 11.1 Å². The summed E-state index contributed by atoms with van der Waals surface area (Å²) in [6.45, 7) is 13.5. The molecule has 0 fully saturated rings. The summed E-state index contributed by atoms with van der Waals surface area (Å²) >= 11 is 0. The molecular formula is C15H10BF4MnO3-. The van der Waals surface area contributed by atoms with Gasteiger partial charge in [0.05, 0.1) is 0 Å². The van der Waals surface area contributed by atoms with Crippen molar-refractivity contribution < 1.29 is 48.3 Å². The zero-order valence-electron chi connectivity index (χ0n) is 12.1. The number of hydrogen-bond donors (Lipinski definition) is 0. The van der Waals surface area contributed by atoms with Gasteiger partial charge in [0.1, 0.15) is 0 Å². The largest absolute Gasteiger partial charge is 0.0614 e. The Bertz CT molecular complexity index is 610. The Morgan fingerprint density at radius 3 is 1.29 bits per heavy atom. The first kappa shape index (κ1) is 27.1. The van der Waals surface area contributed by atoms with Gasteiger partial charge in [-0.15, -0.1) is 0 Å². The minimum Gasteiger partial charge on any atom is -0.0614 e. The van der Waals surface area contributed by atoms with Crippen molar-refractivity contribution >= 4 is 18.0 Å². The third kappa shape index (κ3) is 10.1. The van der Waals surface area contributed by atoms with Gasteiger partial charge in [0.15, 0.2) is 0 Å². The maximum absolute atomic E-state index is 9.75. The zero-order valence-corrected chi connectivity index (χ0v) is 13.3. The SMILES string of the molecule is F[B-](F)(F)F.[C-]#[O+].[C-]#[O+].[C-]#[O+].[Mn].c1cc2c3c(cccc3c1)CC2. The van der Waals surface area contributed by atoms with Gasteiger partial charge in [-0.05, 0) is 34.7 Å². The van der Waals surface area contributed by atoms with Crippen LogP contribution in [0.25, 0.3) is 10.8 Å². The average Bonchev–Trinajstić information content (AvgIpc) is 2.98. The van der Waals surface area contributed by atoms with Crippen LogP contribution in [0.4, 0.5) is 17.3 Å². The molecule has 0 aromatic heterocycles. The fourth-order valence-electron chi connectivity index (χ4n) is 2.19. The Kier molecular flexibility index (Phi) is 16.7. The van der Waals surface area contributed by atoms with Crippen LogP contribution in [0, 0.1) is 20.0 Å². The summed E-state index contributed by atoms with van der Waals surface area (Å²) in [5.74, 6) is 0. The van der Waals surface area contributed by atoms with Crippen LogP contribution in [0.15, 0.2) is 36.4 Å². The summed E-state index contributed by atoms with van der Waals surface area (Å²) in [6, 6.07) is 13.2. The van der Waals surface area contributed by atoms with Crippen LogP contribution >= 0.6 is 0 Å². The normalized spacial score (nSPS) is 9.75. The molecule has 0 aliphatic heterocycles. The van der Waals surface area contributed by atoms with Crippen molar-refractivity contribution in [3.05, 3.63) is 67.5 Å². The fraction of sp³-hybridized carbons (Fsp3) is 0.133. The number of aryl methyl sites for hydroxylation is 2. The molecule has 0 atom stereocenters. The zero-order chi connectivity index (χ0) is 18.5. The van der Waals surface area contributed by atoms with Crippen LogP contribution in [0.2, 0.25) is 0 Å². The smallest absolute Gasteiger partial charge is 0 e. The number of hydrogen-bond acceptors (Lipinski definition) is 0. The van der Waals surface area contributed by atoms with E-state index in [0.717, 1.165) is 0 Å². The van der Waals surface area contributed by atoms with Crippen molar-refractivity contribution in [1.82, 2.24) is 0 Å². The van der Waals surface area contributed by atoms with E-state index in [-0.39, 0.29) is 17.1 Å². The first-order valence-electron chi connectivity index (χ1n) is 5.93. The fourth-order valence-corrected chi connectivity index (χ4v) is 2.19. The third-order valence-corrected chi connectivity index (χ3v) is 2.74. The van der Waals surface area contributed by atoms with E-state index in [1.807, 2.05) is 0 Å². The van der Waals surface area contributed by atoms with Crippen LogP contribution in [0.3, 0.4) is 0 Å². The Balaban J connectivity index is -0.000000318. The summed E-state index contributed by atoms with van der Waals surface area (Å²) in [5.41, 5.74) is 3.06. The van der Waals surface area contributed by atoms with E-state index in [0.29, 0.717) is 0 Å². The van der Waals surface area contributed by atoms with Crippen LogP contribution in [-0.2, 0) is 43.9 Å². The molecule has 1 aliphatic rings. The predicted octanol–water partition coefficient (Wildman–Crippen LogP) is 4.12. The second-order valence-corrected chi connectivity index (χ2v) is 3.93. The number of benzene rings is 2. The van der Waals surface area contributed by atoms with Crippen LogP contribution < -0.4 is 0 Å². The van der Waals surface area contributed by atoms with Gasteiger partial charge in [0, 0.05) is 17.1 Å². The molecule has 24 heavy (non-hydrogen) atoms. The molecule has 3 nitrogen and oxygen atoms in total. The van der Waals surface area contributed by atoms with Gasteiger partial charge in [0.25, 0.3) is 0 Å². The van der Waals surface area contributed by atoms with Crippen molar-refractivity contribution in [1.29, 1.82) is 0 Å². The first-order valence-corrected chi connectivity index (χ1v) is 5.93. The Morgan fingerprint density at radius 1 is 0.708 bits per heavy atom. The van der Waals surface area contributed by atoms with Gasteiger partial charge >= 0.3 is 41.2 Å². The molecule has 0 spiro atoms. The van der Waals surface area contributed by atoms with Gasteiger partial charge in [-0.2, -0.15) is 0 Å². The maximum atomic E-state index is 9.75. The van der Waals surface area contributed by atoms with E-state index in [1.165, 1.54) is 34.7 Å². The molecule has 0 heterocycles. The van der Waals surface area contributed by atoms with Crippen molar-refractivity contribution in [2.45, 2.75) is 12.8 Å². The standard InChI is InChI=1S/C12H10.3CO.BF4.Mn/c1-3-9-4-2-6-11-8-7-10(5-1)12(9)11;3*1-2;2-1(3,4)5;/h1-6H,7-8H2;;;;;/q;;;;-1;. The second-order valence-electron chi connectivity index (χ2n) is 3.93. The van der Waals surface area contributed by atoms with Gasteiger partial charge in [0.2, 0.25) is 0 Å². The molecule has 2 aromatic carbocycles. The molecule has 0 saturated carbocycles. The summed E-state index contributed by atoms with van der Waals surface area (Å²) in [7, 11) is -6.00. The second kappa shape index (κ2) is 14.8. The van der Waals surface area contributed by atoms with Gasteiger partial charge < -0.3 is 17.3 Å². The van der Waals surface area contributed by atoms with Gasteiger partial charge in [-0.25, -0.2) is 0 Å². The van der Waals surface area contributed by atoms with Gasteiger partial charge in [-0.3, -0.25) is 0 Å². The van der Waals surface area contributed by atoms with E-state index in [2.05, 4.69) is 56.3 Å². The molecule has 0 unspecified atom stereocenters. The minimum atomic E-state index is -6.00. The first-order chi connectivity index (χ1) is 10.9. The van der Waals surface area contributed by atoms with Crippen molar-refractivity contribution in [2.24, 2.45) is 0 Å². The molecule has 2 aromatic rings. The quantitative estimate of drug-likeness (QED) is 0.286.